The molecule has 0 fully saturated rings. The average molecular weight is 419 g/mol. The van der Waals surface area contributed by atoms with Gasteiger partial charge in [0.25, 0.3) is 0 Å². The Balaban J connectivity index is 2.29. The first-order chi connectivity index (χ1) is 13.7. The van der Waals surface area contributed by atoms with Crippen molar-refractivity contribution in [1.29, 1.82) is 0 Å². The molecular formula is C23H28ClFN2O2. The number of rotatable bonds is 8. The maximum Gasteiger partial charge on any atom is 0.242 e. The van der Waals surface area contributed by atoms with Crippen molar-refractivity contribution >= 4 is 23.4 Å². The van der Waals surface area contributed by atoms with Crippen molar-refractivity contribution in [3.8, 4) is 0 Å². The predicted octanol–water partition coefficient (Wildman–Crippen LogP) is 4.52. The second kappa shape index (κ2) is 10.4. The van der Waals surface area contributed by atoms with Gasteiger partial charge in [0.15, 0.2) is 0 Å². The minimum Gasteiger partial charge on any atom is -0.354 e. The van der Waals surface area contributed by atoms with Gasteiger partial charge in [-0.15, -0.1) is 0 Å². The van der Waals surface area contributed by atoms with E-state index in [1.807, 2.05) is 45.0 Å². The number of nitrogens with zero attached hydrogens (tertiary/aromatic N) is 1. The summed E-state index contributed by atoms with van der Waals surface area (Å²) in [6, 6.07) is 11.3. The molecule has 0 bridgehead atoms. The summed E-state index contributed by atoms with van der Waals surface area (Å²) in [4.78, 5) is 27.3. The fourth-order valence-electron chi connectivity index (χ4n) is 2.96. The number of carbonyl (C=O) groups excluding carboxylic acids is 2. The molecule has 0 spiro atoms. The lowest BCUT2D eigenvalue weighted by Crippen LogP contribution is -2.48. The lowest BCUT2D eigenvalue weighted by molar-refractivity contribution is -0.140. The average Bonchev–Trinajstić information content (AvgIpc) is 2.67. The molecule has 2 aromatic carbocycles. The van der Waals surface area contributed by atoms with Gasteiger partial charge in [0.1, 0.15) is 11.9 Å². The monoisotopic (exact) mass is 418 g/mol. The van der Waals surface area contributed by atoms with Crippen molar-refractivity contribution < 1.29 is 14.0 Å². The van der Waals surface area contributed by atoms with Crippen LogP contribution >= 0.6 is 11.6 Å². The van der Waals surface area contributed by atoms with Gasteiger partial charge in [-0.05, 0) is 43.0 Å². The zero-order valence-electron chi connectivity index (χ0n) is 17.3. The van der Waals surface area contributed by atoms with Crippen LogP contribution < -0.4 is 5.32 Å². The second-order valence-corrected chi connectivity index (χ2v) is 8.05. The zero-order valence-corrected chi connectivity index (χ0v) is 18.1. The van der Waals surface area contributed by atoms with E-state index in [0.29, 0.717) is 12.5 Å². The molecule has 0 aromatic heterocycles. The van der Waals surface area contributed by atoms with Crippen molar-refractivity contribution in [1.82, 2.24) is 10.2 Å². The molecule has 2 rings (SSSR count). The van der Waals surface area contributed by atoms with Crippen LogP contribution in [-0.4, -0.2) is 29.3 Å². The lowest BCUT2D eigenvalue weighted by Gasteiger charge is -2.30. The number of carbonyl (C=O) groups is 2. The summed E-state index contributed by atoms with van der Waals surface area (Å²) in [5, 5.41) is 3.07. The van der Waals surface area contributed by atoms with Gasteiger partial charge < -0.3 is 10.2 Å². The minimum absolute atomic E-state index is 0.142. The van der Waals surface area contributed by atoms with E-state index in [0.717, 1.165) is 11.1 Å². The van der Waals surface area contributed by atoms with Crippen LogP contribution in [0.15, 0.2) is 42.5 Å². The molecule has 0 aliphatic carbocycles. The van der Waals surface area contributed by atoms with Crippen molar-refractivity contribution in [3.63, 3.8) is 0 Å². The Bertz CT molecular complexity index is 849. The highest BCUT2D eigenvalue weighted by atomic mass is 35.5. The second-order valence-electron chi connectivity index (χ2n) is 7.64. The normalized spacial score (nSPS) is 12.0. The number of hydrogen-bond acceptors (Lipinski definition) is 2. The van der Waals surface area contributed by atoms with E-state index in [9.17, 15) is 14.0 Å². The van der Waals surface area contributed by atoms with E-state index in [1.165, 1.54) is 17.0 Å². The molecule has 4 nitrogen and oxygen atoms in total. The molecule has 29 heavy (non-hydrogen) atoms. The Kier molecular flexibility index (Phi) is 8.21. The largest absolute Gasteiger partial charge is 0.354 e. The van der Waals surface area contributed by atoms with Gasteiger partial charge >= 0.3 is 0 Å². The third-order valence-electron chi connectivity index (χ3n) is 4.84. The summed E-state index contributed by atoms with van der Waals surface area (Å²) in [5.74, 6) is -0.824. The number of nitrogens with one attached hydrogen (secondary N) is 1. The molecule has 0 saturated carbocycles. The smallest absolute Gasteiger partial charge is 0.242 e. The third kappa shape index (κ3) is 6.29. The molecule has 0 saturated heterocycles. The van der Waals surface area contributed by atoms with E-state index in [2.05, 4.69) is 5.32 Å². The molecule has 0 radical (unpaired) electrons. The molecule has 0 aliphatic heterocycles. The van der Waals surface area contributed by atoms with Crippen LogP contribution in [0.1, 0.15) is 37.5 Å². The number of aryl methyl sites for hydroxylation is 1. The van der Waals surface area contributed by atoms with Gasteiger partial charge in [0, 0.05) is 23.7 Å². The zero-order chi connectivity index (χ0) is 21.6. The standard InChI is InChI=1S/C23H28ClFN2O2/c1-15(2)13-26-23(29)17(4)27(14-18-9-6-5-8-16(18)3)22(28)12-19-20(24)10-7-11-21(19)25/h5-11,15,17H,12-14H2,1-4H3,(H,26,29)/t17-/m0/s1. The Morgan fingerprint density at radius 2 is 1.79 bits per heavy atom. The van der Waals surface area contributed by atoms with Gasteiger partial charge in [0.05, 0.1) is 6.42 Å². The molecule has 0 unspecified atom stereocenters. The molecule has 1 atom stereocenters. The first-order valence-electron chi connectivity index (χ1n) is 9.75. The summed E-state index contributed by atoms with van der Waals surface area (Å²) in [7, 11) is 0. The van der Waals surface area contributed by atoms with E-state index < -0.39 is 11.9 Å². The van der Waals surface area contributed by atoms with Crippen LogP contribution in [0, 0.1) is 18.7 Å². The quantitative estimate of drug-likeness (QED) is 0.685. The Morgan fingerprint density at radius 1 is 1.10 bits per heavy atom. The third-order valence-corrected chi connectivity index (χ3v) is 5.20. The van der Waals surface area contributed by atoms with Crippen LogP contribution in [0.25, 0.3) is 0 Å². The SMILES string of the molecule is Cc1ccccc1CN(C(=O)Cc1c(F)cccc1Cl)[C@@H](C)C(=O)NCC(C)C. The van der Waals surface area contributed by atoms with Crippen LogP contribution in [-0.2, 0) is 22.6 Å². The Morgan fingerprint density at radius 3 is 2.41 bits per heavy atom. The van der Waals surface area contributed by atoms with Crippen LogP contribution in [0.5, 0.6) is 0 Å². The van der Waals surface area contributed by atoms with Crippen LogP contribution in [0.3, 0.4) is 0 Å². The van der Waals surface area contributed by atoms with E-state index in [1.54, 1.807) is 13.0 Å². The van der Waals surface area contributed by atoms with Gasteiger partial charge in [-0.3, -0.25) is 9.59 Å². The summed E-state index contributed by atoms with van der Waals surface area (Å²) in [5.41, 5.74) is 2.09. The van der Waals surface area contributed by atoms with Gasteiger partial charge in [0.2, 0.25) is 11.8 Å². The Hall–Kier alpha value is -2.40. The fourth-order valence-corrected chi connectivity index (χ4v) is 3.19. The van der Waals surface area contributed by atoms with Crippen LogP contribution in [0.4, 0.5) is 4.39 Å². The number of benzene rings is 2. The fraction of sp³-hybridized carbons (Fsp3) is 0.391. The molecule has 0 heterocycles. The predicted molar refractivity (Wildman–Crippen MR) is 114 cm³/mol. The van der Waals surface area contributed by atoms with Gasteiger partial charge in [-0.25, -0.2) is 4.39 Å². The van der Waals surface area contributed by atoms with Gasteiger partial charge in [-0.1, -0.05) is 55.8 Å². The molecule has 6 heteroatoms. The van der Waals surface area contributed by atoms with E-state index >= 15 is 0 Å². The minimum atomic E-state index is -0.702. The molecule has 2 aromatic rings. The Labute approximate surface area is 177 Å². The maximum absolute atomic E-state index is 14.2. The number of amides is 2. The molecule has 156 valence electrons. The van der Waals surface area contributed by atoms with Gasteiger partial charge in [-0.2, -0.15) is 0 Å². The van der Waals surface area contributed by atoms with Crippen molar-refractivity contribution in [3.05, 3.63) is 70.0 Å². The highest BCUT2D eigenvalue weighted by molar-refractivity contribution is 6.31. The number of hydrogen-bond donors (Lipinski definition) is 1. The molecule has 2 amide bonds. The van der Waals surface area contributed by atoms with Crippen molar-refractivity contribution in [2.45, 2.75) is 46.7 Å². The lowest BCUT2D eigenvalue weighted by atomic mass is 10.1. The number of halogens is 2. The van der Waals surface area contributed by atoms with E-state index in [-0.39, 0.29) is 35.4 Å². The summed E-state index contributed by atoms with van der Waals surface area (Å²) in [6.45, 7) is 8.43. The highest BCUT2D eigenvalue weighted by Gasteiger charge is 2.27. The first kappa shape index (κ1) is 22.9. The topological polar surface area (TPSA) is 49.4 Å². The van der Waals surface area contributed by atoms with Crippen molar-refractivity contribution in [2.24, 2.45) is 5.92 Å². The van der Waals surface area contributed by atoms with Crippen LogP contribution in [0.2, 0.25) is 5.02 Å². The molecule has 1 N–H and O–H groups in total. The van der Waals surface area contributed by atoms with Crippen molar-refractivity contribution in [2.75, 3.05) is 6.54 Å². The van der Waals surface area contributed by atoms with E-state index in [4.69, 9.17) is 11.6 Å². The summed E-state index contributed by atoms with van der Waals surface area (Å²) in [6.07, 6.45) is -0.209. The molecular weight excluding hydrogens is 391 g/mol. The molecule has 0 aliphatic rings. The summed E-state index contributed by atoms with van der Waals surface area (Å²) >= 11 is 6.10. The highest BCUT2D eigenvalue weighted by Crippen LogP contribution is 2.22. The summed E-state index contributed by atoms with van der Waals surface area (Å²) < 4.78 is 14.2. The first-order valence-corrected chi connectivity index (χ1v) is 10.1. The maximum atomic E-state index is 14.2.